The lowest BCUT2D eigenvalue weighted by molar-refractivity contribution is 0.0919. The smallest absolute Gasteiger partial charge is 0.0218 e. The molecule has 0 radical (unpaired) electrons. The molecule has 1 aliphatic rings. The Morgan fingerprint density at radius 2 is 1.76 bits per heavy atom. The standard InChI is InChI=1S/C14H31N3/c1-3-14-13-17(12-11-16(14)2)10-8-6-4-5-7-9-15/h14H,3-13,15H2,1-2H3. The molecule has 3 nitrogen and oxygen atoms in total. The molecule has 0 spiro atoms. The second-order valence-corrected chi connectivity index (χ2v) is 5.40. The predicted octanol–water partition coefficient (Wildman–Crippen LogP) is 1.92. The molecule has 0 aromatic heterocycles. The number of hydrogen-bond acceptors (Lipinski definition) is 3. The molecular formula is C14H31N3. The summed E-state index contributed by atoms with van der Waals surface area (Å²) in [7, 11) is 2.26. The number of nitrogens with zero attached hydrogens (tertiary/aromatic N) is 2. The summed E-state index contributed by atoms with van der Waals surface area (Å²) in [5.41, 5.74) is 5.49. The van der Waals surface area contributed by atoms with Crippen molar-refractivity contribution in [1.82, 2.24) is 9.80 Å². The lowest BCUT2D eigenvalue weighted by atomic mass is 10.1. The topological polar surface area (TPSA) is 32.5 Å². The lowest BCUT2D eigenvalue weighted by Crippen LogP contribution is -2.51. The van der Waals surface area contributed by atoms with Gasteiger partial charge in [-0.2, -0.15) is 0 Å². The third kappa shape index (κ3) is 5.84. The average molecular weight is 241 g/mol. The zero-order valence-electron chi connectivity index (χ0n) is 11.8. The molecule has 17 heavy (non-hydrogen) atoms. The molecule has 1 saturated heterocycles. The van der Waals surface area contributed by atoms with Gasteiger partial charge in [-0.25, -0.2) is 0 Å². The second-order valence-electron chi connectivity index (χ2n) is 5.40. The Kier molecular flexibility index (Phi) is 7.82. The van der Waals surface area contributed by atoms with Gasteiger partial charge in [-0.15, -0.1) is 0 Å². The fourth-order valence-electron chi connectivity index (χ4n) is 2.66. The van der Waals surface area contributed by atoms with Crippen LogP contribution in [0.2, 0.25) is 0 Å². The van der Waals surface area contributed by atoms with Gasteiger partial charge in [0.1, 0.15) is 0 Å². The summed E-state index contributed by atoms with van der Waals surface area (Å²) in [6.45, 7) is 8.23. The Labute approximate surface area is 107 Å². The van der Waals surface area contributed by atoms with Crippen LogP contribution in [-0.2, 0) is 0 Å². The number of hydrogen-bond donors (Lipinski definition) is 1. The van der Waals surface area contributed by atoms with Crippen LogP contribution in [0.4, 0.5) is 0 Å². The van der Waals surface area contributed by atoms with Crippen molar-refractivity contribution >= 4 is 0 Å². The van der Waals surface area contributed by atoms with Gasteiger partial charge in [0.2, 0.25) is 0 Å². The Morgan fingerprint density at radius 3 is 2.47 bits per heavy atom. The van der Waals surface area contributed by atoms with Crippen LogP contribution >= 0.6 is 0 Å². The molecule has 1 heterocycles. The van der Waals surface area contributed by atoms with Crippen LogP contribution in [0.5, 0.6) is 0 Å². The highest BCUT2D eigenvalue weighted by Gasteiger charge is 2.21. The third-order valence-corrected chi connectivity index (χ3v) is 4.01. The molecule has 0 aromatic rings. The van der Waals surface area contributed by atoms with Gasteiger partial charge in [0.15, 0.2) is 0 Å². The Bertz CT molecular complexity index is 184. The number of likely N-dealkylation sites (N-methyl/N-ethyl adjacent to an activating group) is 1. The van der Waals surface area contributed by atoms with E-state index in [4.69, 9.17) is 5.73 Å². The fourth-order valence-corrected chi connectivity index (χ4v) is 2.66. The van der Waals surface area contributed by atoms with Crippen LogP contribution in [0.15, 0.2) is 0 Å². The van der Waals surface area contributed by atoms with Gasteiger partial charge in [-0.1, -0.05) is 26.2 Å². The molecule has 0 aromatic carbocycles. The maximum atomic E-state index is 5.49. The maximum Gasteiger partial charge on any atom is 0.0218 e. The minimum Gasteiger partial charge on any atom is -0.330 e. The molecule has 102 valence electrons. The van der Waals surface area contributed by atoms with E-state index in [1.165, 1.54) is 64.7 Å². The van der Waals surface area contributed by atoms with Crippen molar-refractivity contribution in [3.8, 4) is 0 Å². The first kappa shape index (κ1) is 14.9. The van der Waals surface area contributed by atoms with Gasteiger partial charge in [0, 0.05) is 25.7 Å². The van der Waals surface area contributed by atoms with Crippen LogP contribution in [-0.4, -0.2) is 55.6 Å². The van der Waals surface area contributed by atoms with Crippen molar-refractivity contribution in [3.63, 3.8) is 0 Å². The van der Waals surface area contributed by atoms with Crippen LogP contribution in [0.3, 0.4) is 0 Å². The summed E-state index contributed by atoms with van der Waals surface area (Å²) in [4.78, 5) is 5.16. The molecule has 0 saturated carbocycles. The van der Waals surface area contributed by atoms with Crippen molar-refractivity contribution in [2.45, 2.75) is 51.5 Å². The van der Waals surface area contributed by atoms with Gasteiger partial charge in [0.25, 0.3) is 0 Å². The summed E-state index contributed by atoms with van der Waals surface area (Å²) >= 11 is 0. The third-order valence-electron chi connectivity index (χ3n) is 4.01. The average Bonchev–Trinajstić information content (AvgIpc) is 2.35. The van der Waals surface area contributed by atoms with E-state index >= 15 is 0 Å². The highest BCUT2D eigenvalue weighted by molar-refractivity contribution is 4.78. The first-order chi connectivity index (χ1) is 8.27. The minimum absolute atomic E-state index is 0.779. The van der Waals surface area contributed by atoms with E-state index in [-0.39, 0.29) is 0 Å². The van der Waals surface area contributed by atoms with Gasteiger partial charge in [0.05, 0.1) is 0 Å². The first-order valence-corrected chi connectivity index (χ1v) is 7.40. The SMILES string of the molecule is CCC1CN(CCCCCCCN)CCN1C. The zero-order chi connectivity index (χ0) is 12.5. The van der Waals surface area contributed by atoms with E-state index in [0.29, 0.717) is 0 Å². The molecule has 0 bridgehead atoms. The lowest BCUT2D eigenvalue weighted by Gasteiger charge is -2.39. The van der Waals surface area contributed by atoms with Crippen molar-refractivity contribution in [2.24, 2.45) is 5.73 Å². The molecular weight excluding hydrogens is 210 g/mol. The molecule has 1 atom stereocenters. The van der Waals surface area contributed by atoms with E-state index in [9.17, 15) is 0 Å². The van der Waals surface area contributed by atoms with Gasteiger partial charge < -0.3 is 15.5 Å². The predicted molar refractivity (Wildman–Crippen MR) is 75.3 cm³/mol. The molecule has 3 heteroatoms. The summed E-state index contributed by atoms with van der Waals surface area (Å²) in [6, 6.07) is 0.779. The fraction of sp³-hybridized carbons (Fsp3) is 1.00. The minimum atomic E-state index is 0.779. The van der Waals surface area contributed by atoms with E-state index in [2.05, 4.69) is 23.8 Å². The van der Waals surface area contributed by atoms with Crippen LogP contribution in [0.1, 0.15) is 45.4 Å². The molecule has 0 aliphatic carbocycles. The van der Waals surface area contributed by atoms with Crippen molar-refractivity contribution in [1.29, 1.82) is 0 Å². The van der Waals surface area contributed by atoms with Gasteiger partial charge >= 0.3 is 0 Å². The van der Waals surface area contributed by atoms with Crippen LogP contribution in [0.25, 0.3) is 0 Å². The highest BCUT2D eigenvalue weighted by atomic mass is 15.3. The molecule has 1 unspecified atom stereocenters. The number of piperazine rings is 1. The van der Waals surface area contributed by atoms with Crippen LogP contribution in [0, 0.1) is 0 Å². The van der Waals surface area contributed by atoms with Crippen molar-refractivity contribution in [3.05, 3.63) is 0 Å². The molecule has 0 amide bonds. The molecule has 1 fully saturated rings. The Hall–Kier alpha value is -0.120. The zero-order valence-corrected chi connectivity index (χ0v) is 11.8. The molecule has 2 N–H and O–H groups in total. The summed E-state index contributed by atoms with van der Waals surface area (Å²) in [5, 5.41) is 0. The molecule has 1 aliphatic heterocycles. The Balaban J connectivity index is 2.03. The molecule has 1 rings (SSSR count). The summed E-state index contributed by atoms with van der Waals surface area (Å²) in [5.74, 6) is 0. The first-order valence-electron chi connectivity index (χ1n) is 7.40. The second kappa shape index (κ2) is 8.90. The Morgan fingerprint density at radius 1 is 1.06 bits per heavy atom. The van der Waals surface area contributed by atoms with Gasteiger partial charge in [-0.05, 0) is 39.4 Å². The van der Waals surface area contributed by atoms with Crippen molar-refractivity contribution in [2.75, 3.05) is 39.8 Å². The van der Waals surface area contributed by atoms with Crippen LogP contribution < -0.4 is 5.73 Å². The van der Waals surface area contributed by atoms with Gasteiger partial charge in [-0.3, -0.25) is 0 Å². The van der Waals surface area contributed by atoms with E-state index in [1.54, 1.807) is 0 Å². The van der Waals surface area contributed by atoms with Crippen molar-refractivity contribution < 1.29 is 0 Å². The number of nitrogens with two attached hydrogens (primary N) is 1. The highest BCUT2D eigenvalue weighted by Crippen LogP contribution is 2.12. The largest absolute Gasteiger partial charge is 0.330 e. The summed E-state index contributed by atoms with van der Waals surface area (Å²) < 4.78 is 0. The van der Waals surface area contributed by atoms with E-state index < -0.39 is 0 Å². The monoisotopic (exact) mass is 241 g/mol. The number of rotatable bonds is 8. The quantitative estimate of drug-likeness (QED) is 0.659. The summed E-state index contributed by atoms with van der Waals surface area (Å²) in [6.07, 6.45) is 7.91. The van der Waals surface area contributed by atoms with E-state index in [0.717, 1.165) is 12.6 Å². The number of unbranched alkanes of at least 4 members (excludes halogenated alkanes) is 4. The normalized spacial score (nSPS) is 23.1. The van der Waals surface area contributed by atoms with E-state index in [1.807, 2.05) is 0 Å². The maximum absolute atomic E-state index is 5.49.